The number of rotatable bonds is 2. The van der Waals surface area contributed by atoms with Gasteiger partial charge in [-0.05, 0) is 12.5 Å². The van der Waals surface area contributed by atoms with Gasteiger partial charge in [0.25, 0.3) is 0 Å². The van der Waals surface area contributed by atoms with Gasteiger partial charge in [0.1, 0.15) is 0 Å². The number of carbonyl (C=O) groups is 1. The van der Waals surface area contributed by atoms with Crippen LogP contribution in [0.4, 0.5) is 0 Å². The highest BCUT2D eigenvalue weighted by molar-refractivity contribution is 7.10. The van der Waals surface area contributed by atoms with E-state index < -0.39 is 0 Å². The maximum atomic E-state index is 11.4. The van der Waals surface area contributed by atoms with Crippen molar-refractivity contribution in [3.05, 3.63) is 21.9 Å². The van der Waals surface area contributed by atoms with E-state index in [0.29, 0.717) is 6.54 Å². The SMILES string of the molecule is CC(=O)N1CCCN(Cc2cc(C#CCN)cs2)CC1. The summed E-state index contributed by atoms with van der Waals surface area (Å²) in [5.74, 6) is 6.12. The molecule has 0 aromatic carbocycles. The Balaban J connectivity index is 1.90. The van der Waals surface area contributed by atoms with Crippen LogP contribution < -0.4 is 5.73 Å². The predicted octanol–water partition coefficient (Wildman–Crippen LogP) is 1.11. The highest BCUT2D eigenvalue weighted by atomic mass is 32.1. The molecule has 1 aromatic heterocycles. The van der Waals surface area contributed by atoms with Crippen molar-refractivity contribution in [1.29, 1.82) is 0 Å². The summed E-state index contributed by atoms with van der Waals surface area (Å²) in [6.07, 6.45) is 1.05. The third-order valence-corrected chi connectivity index (χ3v) is 4.32. The molecule has 1 aliphatic heterocycles. The number of hydrogen-bond donors (Lipinski definition) is 1. The minimum Gasteiger partial charge on any atom is -0.342 e. The van der Waals surface area contributed by atoms with Crippen molar-refractivity contribution in [3.63, 3.8) is 0 Å². The molecule has 0 unspecified atom stereocenters. The predicted molar refractivity (Wildman–Crippen MR) is 82.4 cm³/mol. The first-order valence-corrected chi connectivity index (χ1v) is 7.81. The van der Waals surface area contributed by atoms with E-state index in [1.807, 2.05) is 4.90 Å². The van der Waals surface area contributed by atoms with Gasteiger partial charge in [-0.3, -0.25) is 9.69 Å². The molecule has 1 amide bonds. The van der Waals surface area contributed by atoms with E-state index in [0.717, 1.165) is 44.7 Å². The molecule has 5 heteroatoms. The van der Waals surface area contributed by atoms with Crippen molar-refractivity contribution in [2.45, 2.75) is 19.9 Å². The van der Waals surface area contributed by atoms with Crippen LogP contribution in [0.5, 0.6) is 0 Å². The second-order valence-electron chi connectivity index (χ2n) is 4.94. The lowest BCUT2D eigenvalue weighted by atomic mass is 10.3. The van der Waals surface area contributed by atoms with Gasteiger partial charge >= 0.3 is 0 Å². The van der Waals surface area contributed by atoms with Crippen molar-refractivity contribution >= 4 is 17.2 Å². The molecular weight excluding hydrogens is 270 g/mol. The van der Waals surface area contributed by atoms with E-state index in [1.54, 1.807) is 18.3 Å². The highest BCUT2D eigenvalue weighted by Gasteiger charge is 2.16. The lowest BCUT2D eigenvalue weighted by Crippen LogP contribution is -2.33. The molecule has 108 valence electrons. The van der Waals surface area contributed by atoms with E-state index in [2.05, 4.69) is 28.2 Å². The van der Waals surface area contributed by atoms with Gasteiger partial charge in [-0.1, -0.05) is 11.8 Å². The van der Waals surface area contributed by atoms with E-state index in [-0.39, 0.29) is 5.91 Å². The Morgan fingerprint density at radius 3 is 3.00 bits per heavy atom. The molecule has 20 heavy (non-hydrogen) atoms. The van der Waals surface area contributed by atoms with Crippen molar-refractivity contribution in [2.75, 3.05) is 32.7 Å². The number of nitrogens with zero attached hydrogens (tertiary/aromatic N) is 2. The molecule has 2 heterocycles. The lowest BCUT2D eigenvalue weighted by molar-refractivity contribution is -0.128. The summed E-state index contributed by atoms with van der Waals surface area (Å²) < 4.78 is 0. The largest absolute Gasteiger partial charge is 0.342 e. The molecule has 0 saturated carbocycles. The van der Waals surface area contributed by atoms with Gasteiger partial charge in [0.2, 0.25) is 5.91 Å². The molecule has 1 aromatic rings. The Bertz CT molecular complexity index is 515. The molecule has 2 N–H and O–H groups in total. The molecule has 0 atom stereocenters. The van der Waals surface area contributed by atoms with Gasteiger partial charge in [0.05, 0.1) is 6.54 Å². The Labute approximate surface area is 124 Å². The van der Waals surface area contributed by atoms with Crippen molar-refractivity contribution in [1.82, 2.24) is 9.80 Å². The van der Waals surface area contributed by atoms with Crippen LogP contribution in [0, 0.1) is 11.8 Å². The molecule has 1 saturated heterocycles. The summed E-state index contributed by atoms with van der Waals surface area (Å²) >= 11 is 1.74. The van der Waals surface area contributed by atoms with Crippen molar-refractivity contribution in [3.8, 4) is 11.8 Å². The van der Waals surface area contributed by atoms with E-state index in [1.165, 1.54) is 4.88 Å². The maximum Gasteiger partial charge on any atom is 0.219 e. The summed E-state index contributed by atoms with van der Waals surface area (Å²) in [5.41, 5.74) is 6.43. The van der Waals surface area contributed by atoms with Crippen LogP contribution in [0.1, 0.15) is 23.8 Å². The zero-order valence-electron chi connectivity index (χ0n) is 11.9. The van der Waals surface area contributed by atoms with Crippen LogP contribution in [-0.2, 0) is 11.3 Å². The minimum atomic E-state index is 0.183. The Kier molecular flexibility index (Phi) is 5.60. The lowest BCUT2D eigenvalue weighted by Gasteiger charge is -2.20. The monoisotopic (exact) mass is 291 g/mol. The van der Waals surface area contributed by atoms with Gasteiger partial charge in [-0.2, -0.15) is 0 Å². The highest BCUT2D eigenvalue weighted by Crippen LogP contribution is 2.17. The third kappa shape index (κ3) is 4.34. The molecular formula is C15H21N3OS. The number of amides is 1. The minimum absolute atomic E-state index is 0.183. The molecule has 0 bridgehead atoms. The summed E-state index contributed by atoms with van der Waals surface area (Å²) in [5, 5.41) is 2.08. The van der Waals surface area contributed by atoms with Crippen LogP contribution in [0.3, 0.4) is 0 Å². The summed E-state index contributed by atoms with van der Waals surface area (Å²) in [7, 11) is 0. The molecule has 2 rings (SSSR count). The topological polar surface area (TPSA) is 49.6 Å². The van der Waals surface area contributed by atoms with E-state index >= 15 is 0 Å². The number of carbonyl (C=O) groups excluding carboxylic acids is 1. The van der Waals surface area contributed by atoms with E-state index in [9.17, 15) is 4.79 Å². The third-order valence-electron chi connectivity index (χ3n) is 3.40. The van der Waals surface area contributed by atoms with E-state index in [4.69, 9.17) is 5.73 Å². The Morgan fingerprint density at radius 1 is 1.40 bits per heavy atom. The Hall–Kier alpha value is -1.35. The van der Waals surface area contributed by atoms with Gasteiger partial charge in [0.15, 0.2) is 0 Å². The summed E-state index contributed by atoms with van der Waals surface area (Å²) in [6, 6.07) is 2.14. The average molecular weight is 291 g/mol. The summed E-state index contributed by atoms with van der Waals surface area (Å²) in [6.45, 7) is 6.70. The van der Waals surface area contributed by atoms with Gasteiger partial charge < -0.3 is 10.6 Å². The van der Waals surface area contributed by atoms with Crippen LogP contribution in [0.15, 0.2) is 11.4 Å². The normalized spacial score (nSPS) is 16.4. The van der Waals surface area contributed by atoms with Gasteiger partial charge in [-0.15, -0.1) is 11.3 Å². The van der Waals surface area contributed by atoms with Crippen LogP contribution in [-0.4, -0.2) is 48.4 Å². The van der Waals surface area contributed by atoms with Crippen LogP contribution in [0.2, 0.25) is 0 Å². The molecule has 0 aliphatic carbocycles. The van der Waals surface area contributed by atoms with Gasteiger partial charge in [-0.25, -0.2) is 0 Å². The fourth-order valence-corrected chi connectivity index (χ4v) is 3.20. The first-order chi connectivity index (χ1) is 9.69. The van der Waals surface area contributed by atoms with Crippen molar-refractivity contribution in [2.24, 2.45) is 5.73 Å². The first kappa shape index (κ1) is 15.0. The number of thiophene rings is 1. The number of nitrogens with two attached hydrogens (primary N) is 1. The fourth-order valence-electron chi connectivity index (χ4n) is 2.35. The Morgan fingerprint density at radius 2 is 2.25 bits per heavy atom. The molecule has 4 nitrogen and oxygen atoms in total. The van der Waals surface area contributed by atoms with Crippen LogP contribution in [0.25, 0.3) is 0 Å². The molecule has 1 aliphatic rings. The second-order valence-corrected chi connectivity index (χ2v) is 5.94. The number of hydrogen-bond acceptors (Lipinski definition) is 4. The first-order valence-electron chi connectivity index (χ1n) is 6.93. The van der Waals surface area contributed by atoms with Crippen molar-refractivity contribution < 1.29 is 4.79 Å². The summed E-state index contributed by atoms with van der Waals surface area (Å²) in [4.78, 5) is 17.1. The quantitative estimate of drug-likeness (QED) is 0.831. The average Bonchev–Trinajstić information content (AvgIpc) is 2.72. The zero-order chi connectivity index (χ0) is 14.4. The molecule has 0 spiro atoms. The standard InChI is InChI=1S/C15H21N3OS/c1-13(19)18-7-3-6-17(8-9-18)11-15-10-14(12-20-15)4-2-5-16/h10,12H,3,5-9,11,16H2,1H3. The zero-order valence-corrected chi connectivity index (χ0v) is 12.7. The van der Waals surface area contributed by atoms with Gasteiger partial charge in [0, 0.05) is 55.5 Å². The maximum absolute atomic E-state index is 11.4. The molecule has 0 radical (unpaired) electrons. The fraction of sp³-hybridized carbons (Fsp3) is 0.533. The smallest absolute Gasteiger partial charge is 0.219 e. The van der Waals surface area contributed by atoms with Crippen LogP contribution >= 0.6 is 11.3 Å². The second kappa shape index (κ2) is 7.44. The molecule has 1 fully saturated rings.